The Balaban J connectivity index is 1.94. The molecular weight excluding hydrogens is 336 g/mol. The highest BCUT2D eigenvalue weighted by Crippen LogP contribution is 2.35. The van der Waals surface area contributed by atoms with E-state index in [1.807, 2.05) is 31.2 Å². The minimum atomic E-state index is -1.16. The molecule has 3 aromatic rings. The van der Waals surface area contributed by atoms with Crippen LogP contribution in [0.4, 0.5) is 11.4 Å². The number of aryl methyl sites for hydroxylation is 2. The normalized spacial score (nSPS) is 11.2. The smallest absolute Gasteiger partial charge is 0.335 e. The second-order valence-corrected chi connectivity index (χ2v) is 5.71. The molecule has 0 aliphatic carbocycles. The molecule has 0 fully saturated rings. The van der Waals surface area contributed by atoms with E-state index >= 15 is 0 Å². The number of azo groups is 1. The third-order valence-electron chi connectivity index (χ3n) is 3.76. The summed E-state index contributed by atoms with van der Waals surface area (Å²) in [6.07, 6.45) is 0. The highest BCUT2D eigenvalue weighted by atomic mass is 16.4. The first-order chi connectivity index (χ1) is 12.4. The molecule has 0 aliphatic heterocycles. The van der Waals surface area contributed by atoms with Gasteiger partial charge in [0.25, 0.3) is 0 Å². The van der Waals surface area contributed by atoms with Gasteiger partial charge in [-0.25, -0.2) is 4.79 Å². The molecule has 0 saturated heterocycles. The predicted octanol–water partition coefficient (Wildman–Crippen LogP) is 4.01. The number of benzene rings is 2. The van der Waals surface area contributed by atoms with Gasteiger partial charge >= 0.3 is 5.97 Å². The molecule has 0 spiro atoms. The minimum Gasteiger partial charge on any atom is -0.506 e. The molecule has 8 nitrogen and oxygen atoms in total. The van der Waals surface area contributed by atoms with Crippen LogP contribution in [-0.2, 0) is 0 Å². The number of aromatic hydroxyl groups is 2. The van der Waals surface area contributed by atoms with Crippen molar-refractivity contribution < 1.29 is 20.1 Å². The standard InChI is InChI=1S/C18H16N4O4/c1-10-3-6-13(7-4-10)22-17(24)16(11(2)21-22)20-19-14-8-5-12(18(25)26)9-15(14)23/h3-9,23-24H,1-2H3,(H,25,26). The van der Waals surface area contributed by atoms with Gasteiger partial charge in [0.05, 0.1) is 16.9 Å². The van der Waals surface area contributed by atoms with Crippen LogP contribution in [0.3, 0.4) is 0 Å². The Labute approximate surface area is 148 Å². The molecule has 1 aromatic heterocycles. The molecule has 0 radical (unpaired) electrons. The molecule has 0 atom stereocenters. The monoisotopic (exact) mass is 352 g/mol. The van der Waals surface area contributed by atoms with E-state index in [0.29, 0.717) is 11.4 Å². The van der Waals surface area contributed by atoms with Crippen molar-refractivity contribution in [2.24, 2.45) is 10.2 Å². The maximum absolute atomic E-state index is 10.9. The lowest BCUT2D eigenvalue weighted by molar-refractivity contribution is 0.0696. The van der Waals surface area contributed by atoms with Gasteiger partial charge in [0.2, 0.25) is 5.88 Å². The molecule has 26 heavy (non-hydrogen) atoms. The van der Waals surface area contributed by atoms with E-state index in [2.05, 4.69) is 15.3 Å². The average Bonchev–Trinajstić information content (AvgIpc) is 2.89. The first-order valence-electron chi connectivity index (χ1n) is 7.70. The summed E-state index contributed by atoms with van der Waals surface area (Å²) >= 11 is 0. The molecule has 3 rings (SSSR count). The lowest BCUT2D eigenvalue weighted by Crippen LogP contribution is -1.95. The number of carboxylic acids is 1. The first kappa shape index (κ1) is 17.2. The van der Waals surface area contributed by atoms with Gasteiger partial charge in [-0.3, -0.25) is 0 Å². The summed E-state index contributed by atoms with van der Waals surface area (Å²) in [5.41, 5.74) is 2.38. The SMILES string of the molecule is Cc1ccc(-n2nc(C)c(N=Nc3ccc(C(=O)O)cc3O)c2O)cc1. The zero-order valence-corrected chi connectivity index (χ0v) is 14.1. The highest BCUT2D eigenvalue weighted by Gasteiger charge is 2.16. The first-order valence-corrected chi connectivity index (χ1v) is 7.70. The van der Waals surface area contributed by atoms with Crippen LogP contribution in [0.15, 0.2) is 52.7 Å². The van der Waals surface area contributed by atoms with Gasteiger partial charge in [0.15, 0.2) is 5.69 Å². The predicted molar refractivity (Wildman–Crippen MR) is 93.9 cm³/mol. The number of phenolic OH excluding ortho intramolecular Hbond substituents is 1. The quantitative estimate of drug-likeness (QED) is 0.613. The molecule has 0 saturated carbocycles. The fraction of sp³-hybridized carbons (Fsp3) is 0.111. The number of aromatic nitrogens is 2. The maximum Gasteiger partial charge on any atom is 0.335 e. The van der Waals surface area contributed by atoms with E-state index in [-0.39, 0.29) is 28.6 Å². The fourth-order valence-corrected chi connectivity index (χ4v) is 2.33. The Kier molecular flexibility index (Phi) is 4.40. The Morgan fingerprint density at radius 1 is 1.04 bits per heavy atom. The number of carboxylic acid groups (broad SMARTS) is 1. The lowest BCUT2D eigenvalue weighted by atomic mass is 10.2. The van der Waals surface area contributed by atoms with Crippen molar-refractivity contribution >= 4 is 17.3 Å². The van der Waals surface area contributed by atoms with Crippen molar-refractivity contribution in [3.05, 3.63) is 59.3 Å². The number of phenols is 1. The van der Waals surface area contributed by atoms with Crippen molar-refractivity contribution in [3.63, 3.8) is 0 Å². The third-order valence-corrected chi connectivity index (χ3v) is 3.76. The van der Waals surface area contributed by atoms with Crippen molar-refractivity contribution in [3.8, 4) is 17.3 Å². The van der Waals surface area contributed by atoms with Crippen LogP contribution in [0.2, 0.25) is 0 Å². The Bertz CT molecular complexity index is 1010. The summed E-state index contributed by atoms with van der Waals surface area (Å²) in [5, 5.41) is 41.3. The van der Waals surface area contributed by atoms with Gasteiger partial charge in [-0.05, 0) is 44.2 Å². The van der Waals surface area contributed by atoms with Gasteiger partial charge in [-0.15, -0.1) is 10.2 Å². The van der Waals surface area contributed by atoms with Gasteiger partial charge in [0.1, 0.15) is 11.4 Å². The zero-order valence-electron chi connectivity index (χ0n) is 14.1. The highest BCUT2D eigenvalue weighted by molar-refractivity contribution is 5.88. The van der Waals surface area contributed by atoms with Crippen LogP contribution in [0.25, 0.3) is 5.69 Å². The Morgan fingerprint density at radius 2 is 1.73 bits per heavy atom. The van der Waals surface area contributed by atoms with Gasteiger partial charge in [0, 0.05) is 0 Å². The topological polar surface area (TPSA) is 120 Å². The van der Waals surface area contributed by atoms with E-state index in [0.717, 1.165) is 11.6 Å². The summed E-state index contributed by atoms with van der Waals surface area (Å²) < 4.78 is 1.34. The zero-order chi connectivity index (χ0) is 18.8. The molecular formula is C18H16N4O4. The molecule has 3 N–H and O–H groups in total. The van der Waals surface area contributed by atoms with Crippen LogP contribution in [0, 0.1) is 13.8 Å². The van der Waals surface area contributed by atoms with E-state index in [1.54, 1.807) is 6.92 Å². The molecule has 0 bridgehead atoms. The van der Waals surface area contributed by atoms with Gasteiger partial charge in [-0.2, -0.15) is 9.78 Å². The van der Waals surface area contributed by atoms with Gasteiger partial charge < -0.3 is 15.3 Å². The summed E-state index contributed by atoms with van der Waals surface area (Å²) in [7, 11) is 0. The number of aromatic carboxylic acids is 1. The summed E-state index contributed by atoms with van der Waals surface area (Å²) in [6.45, 7) is 3.63. The molecule has 0 aliphatic rings. The summed E-state index contributed by atoms with van der Waals surface area (Å²) in [6, 6.07) is 11.2. The Morgan fingerprint density at radius 3 is 2.35 bits per heavy atom. The molecule has 0 unspecified atom stereocenters. The number of carbonyl (C=O) groups is 1. The summed E-state index contributed by atoms with van der Waals surface area (Å²) in [4.78, 5) is 10.9. The number of hydrogen-bond acceptors (Lipinski definition) is 6. The lowest BCUT2D eigenvalue weighted by Gasteiger charge is -2.03. The van der Waals surface area contributed by atoms with Crippen LogP contribution in [0.5, 0.6) is 11.6 Å². The van der Waals surface area contributed by atoms with Crippen molar-refractivity contribution in [2.75, 3.05) is 0 Å². The van der Waals surface area contributed by atoms with E-state index in [4.69, 9.17) is 5.11 Å². The van der Waals surface area contributed by atoms with Crippen LogP contribution < -0.4 is 0 Å². The van der Waals surface area contributed by atoms with Crippen LogP contribution in [-0.4, -0.2) is 31.1 Å². The van der Waals surface area contributed by atoms with Gasteiger partial charge in [-0.1, -0.05) is 17.7 Å². The van der Waals surface area contributed by atoms with Crippen molar-refractivity contribution in [2.45, 2.75) is 13.8 Å². The maximum atomic E-state index is 10.9. The van der Waals surface area contributed by atoms with Crippen LogP contribution in [0.1, 0.15) is 21.6 Å². The number of rotatable bonds is 4. The van der Waals surface area contributed by atoms with E-state index in [1.165, 1.54) is 16.8 Å². The molecule has 0 amide bonds. The molecule has 2 aromatic carbocycles. The molecule has 1 heterocycles. The minimum absolute atomic E-state index is 0.0623. The average molecular weight is 352 g/mol. The van der Waals surface area contributed by atoms with Crippen LogP contribution >= 0.6 is 0 Å². The molecule has 132 valence electrons. The van der Waals surface area contributed by atoms with Crippen molar-refractivity contribution in [1.29, 1.82) is 0 Å². The van der Waals surface area contributed by atoms with E-state index in [9.17, 15) is 15.0 Å². The Hall–Kier alpha value is -3.68. The summed E-state index contributed by atoms with van der Waals surface area (Å²) in [5.74, 6) is -1.66. The second kappa shape index (κ2) is 6.67. The fourth-order valence-electron chi connectivity index (χ4n) is 2.33. The largest absolute Gasteiger partial charge is 0.506 e. The second-order valence-electron chi connectivity index (χ2n) is 5.71. The van der Waals surface area contributed by atoms with E-state index < -0.39 is 5.97 Å². The molecule has 8 heteroatoms. The number of hydrogen-bond donors (Lipinski definition) is 3. The van der Waals surface area contributed by atoms with Crippen molar-refractivity contribution in [1.82, 2.24) is 9.78 Å². The third kappa shape index (κ3) is 3.25. The number of nitrogens with zero attached hydrogens (tertiary/aromatic N) is 4.